The molecule has 0 saturated heterocycles. The highest BCUT2D eigenvalue weighted by atomic mass is 28.4. The molecule has 1 aliphatic carbocycles. The number of methoxy groups -OCH3 is 1. The number of ketones is 1. The third-order valence-corrected chi connectivity index (χ3v) is 10.1. The Hall–Kier alpha value is -1.13. The van der Waals surface area contributed by atoms with Gasteiger partial charge in [-0.25, -0.2) is 0 Å². The van der Waals surface area contributed by atoms with Crippen LogP contribution in [-0.4, -0.2) is 21.2 Å². The second-order valence-corrected chi connectivity index (χ2v) is 13.0. The average molecular weight is 335 g/mol. The topological polar surface area (TPSA) is 35.5 Å². The third kappa shape index (κ3) is 3.53. The van der Waals surface area contributed by atoms with E-state index in [0.717, 1.165) is 29.7 Å². The molecule has 1 aliphatic rings. The lowest BCUT2D eigenvalue weighted by Crippen LogP contribution is -2.40. The number of carbonyl (C=O) groups excluding carboxylic acids is 1. The van der Waals surface area contributed by atoms with Crippen molar-refractivity contribution in [1.82, 2.24) is 0 Å². The number of carbonyl (C=O) groups is 1. The molecule has 128 valence electrons. The molecular formula is C19H30O3Si. The molecule has 0 atom stereocenters. The quantitative estimate of drug-likeness (QED) is 0.698. The first-order valence-electron chi connectivity index (χ1n) is 8.36. The molecule has 4 heteroatoms. The van der Waals surface area contributed by atoms with Crippen LogP contribution in [0.25, 0.3) is 0 Å². The Labute approximate surface area is 141 Å². The van der Waals surface area contributed by atoms with Gasteiger partial charge in [0, 0.05) is 5.56 Å². The largest absolute Gasteiger partial charge is 0.496 e. The Morgan fingerprint density at radius 1 is 1.26 bits per heavy atom. The molecule has 0 bridgehead atoms. The molecule has 0 spiro atoms. The fourth-order valence-corrected chi connectivity index (χ4v) is 3.58. The summed E-state index contributed by atoms with van der Waals surface area (Å²) >= 11 is 0. The van der Waals surface area contributed by atoms with Crippen LogP contribution in [0.4, 0.5) is 0 Å². The maximum Gasteiger partial charge on any atom is 0.192 e. The van der Waals surface area contributed by atoms with Gasteiger partial charge < -0.3 is 9.16 Å². The third-order valence-electron chi connectivity index (χ3n) is 5.65. The number of hydrogen-bond acceptors (Lipinski definition) is 3. The lowest BCUT2D eigenvalue weighted by molar-refractivity contribution is -0.119. The van der Waals surface area contributed by atoms with Crippen LogP contribution >= 0.6 is 0 Å². The average Bonchev–Trinajstić information content (AvgIpc) is 3.25. The molecule has 0 unspecified atom stereocenters. The van der Waals surface area contributed by atoms with Crippen molar-refractivity contribution in [1.29, 1.82) is 0 Å². The summed E-state index contributed by atoms with van der Waals surface area (Å²) in [6.45, 7) is 13.5. The standard InChI is InChI=1S/C19H30O3Si/c1-14(20)19(10-11-19)16-8-9-17(21-5)15(12-16)13-22-23(6,7)18(2,3)4/h8-9,12H,10-11,13H2,1-7H3. The summed E-state index contributed by atoms with van der Waals surface area (Å²) in [4.78, 5) is 12.0. The minimum absolute atomic E-state index is 0.176. The van der Waals surface area contributed by atoms with Crippen LogP contribution in [0.3, 0.4) is 0 Å². The summed E-state index contributed by atoms with van der Waals surface area (Å²) in [7, 11) is -0.132. The molecule has 2 rings (SSSR count). The van der Waals surface area contributed by atoms with Crippen molar-refractivity contribution >= 4 is 14.1 Å². The molecule has 23 heavy (non-hydrogen) atoms. The Bertz CT molecular complexity index is 595. The molecular weight excluding hydrogens is 304 g/mol. The van der Waals surface area contributed by atoms with E-state index in [4.69, 9.17) is 9.16 Å². The Balaban J connectivity index is 2.26. The first-order chi connectivity index (χ1) is 10.5. The first-order valence-corrected chi connectivity index (χ1v) is 11.3. The first kappa shape index (κ1) is 18.2. The van der Waals surface area contributed by atoms with Gasteiger partial charge in [-0.2, -0.15) is 0 Å². The monoisotopic (exact) mass is 334 g/mol. The van der Waals surface area contributed by atoms with Crippen LogP contribution in [0.5, 0.6) is 5.75 Å². The van der Waals surface area contributed by atoms with Gasteiger partial charge in [-0.1, -0.05) is 26.8 Å². The zero-order valence-corrected chi connectivity index (χ0v) is 16.6. The molecule has 0 heterocycles. The molecule has 1 saturated carbocycles. The van der Waals surface area contributed by atoms with Crippen molar-refractivity contribution in [3.8, 4) is 5.75 Å². The number of benzene rings is 1. The van der Waals surface area contributed by atoms with Crippen molar-refractivity contribution < 1.29 is 14.0 Å². The highest BCUT2D eigenvalue weighted by Gasteiger charge is 2.48. The summed E-state index contributed by atoms with van der Waals surface area (Å²) in [5.74, 6) is 1.10. The fourth-order valence-electron chi connectivity index (χ4n) is 2.63. The molecule has 0 radical (unpaired) electrons. The molecule has 0 N–H and O–H groups in total. The maximum atomic E-state index is 12.0. The Kier molecular flexibility index (Phi) is 4.80. The minimum Gasteiger partial charge on any atom is -0.496 e. The molecule has 1 fully saturated rings. The molecule has 3 nitrogen and oxygen atoms in total. The van der Waals surface area contributed by atoms with E-state index in [1.165, 1.54) is 0 Å². The normalized spacial score (nSPS) is 17.0. The van der Waals surface area contributed by atoms with Crippen LogP contribution in [0.2, 0.25) is 18.1 Å². The lowest BCUT2D eigenvalue weighted by atomic mass is 9.91. The zero-order chi connectivity index (χ0) is 17.5. The van der Waals surface area contributed by atoms with E-state index in [2.05, 4.69) is 39.9 Å². The SMILES string of the molecule is COc1ccc(C2(C(C)=O)CC2)cc1CO[Si](C)(C)C(C)(C)C. The zero-order valence-electron chi connectivity index (χ0n) is 15.6. The van der Waals surface area contributed by atoms with Crippen LogP contribution in [0, 0.1) is 0 Å². The minimum atomic E-state index is -1.82. The van der Waals surface area contributed by atoms with Gasteiger partial charge in [0.2, 0.25) is 0 Å². The summed E-state index contributed by atoms with van der Waals surface area (Å²) in [6.07, 6.45) is 1.91. The van der Waals surface area contributed by atoms with E-state index in [-0.39, 0.29) is 16.2 Å². The molecule has 0 amide bonds. The van der Waals surface area contributed by atoms with Crippen molar-refractivity contribution in [2.45, 2.75) is 70.7 Å². The number of Topliss-reactive ketones (excluding diaryl/α,β-unsaturated/α-hetero) is 1. The fraction of sp³-hybridized carbons (Fsp3) is 0.632. The lowest BCUT2D eigenvalue weighted by Gasteiger charge is -2.36. The summed E-state index contributed by atoms with van der Waals surface area (Å²) < 4.78 is 11.8. The molecule has 1 aromatic carbocycles. The van der Waals surface area contributed by atoms with Crippen LogP contribution < -0.4 is 4.74 Å². The van der Waals surface area contributed by atoms with Crippen LogP contribution in [-0.2, 0) is 21.2 Å². The van der Waals surface area contributed by atoms with Crippen LogP contribution in [0.1, 0.15) is 51.7 Å². The predicted molar refractivity (Wildman–Crippen MR) is 96.6 cm³/mol. The number of ether oxygens (including phenoxy) is 1. The second-order valence-electron chi connectivity index (χ2n) is 8.21. The summed E-state index contributed by atoms with van der Waals surface area (Å²) in [5, 5.41) is 0.176. The predicted octanol–water partition coefficient (Wildman–Crippen LogP) is 4.84. The van der Waals surface area contributed by atoms with Gasteiger partial charge in [0.05, 0.1) is 19.1 Å². The Morgan fingerprint density at radius 2 is 1.87 bits per heavy atom. The van der Waals surface area contributed by atoms with E-state index in [1.54, 1.807) is 14.0 Å². The second kappa shape index (κ2) is 6.06. The molecule has 0 aliphatic heterocycles. The Morgan fingerprint density at radius 3 is 2.30 bits per heavy atom. The number of hydrogen-bond donors (Lipinski definition) is 0. The summed E-state index contributed by atoms with van der Waals surface area (Å²) in [5.41, 5.74) is 1.90. The number of rotatable bonds is 6. The highest BCUT2D eigenvalue weighted by molar-refractivity contribution is 6.74. The van der Waals surface area contributed by atoms with Crippen molar-refractivity contribution in [2.75, 3.05) is 7.11 Å². The van der Waals surface area contributed by atoms with E-state index < -0.39 is 8.32 Å². The summed E-state index contributed by atoms with van der Waals surface area (Å²) in [6, 6.07) is 6.12. The van der Waals surface area contributed by atoms with Gasteiger partial charge in [0.1, 0.15) is 11.5 Å². The van der Waals surface area contributed by atoms with Crippen molar-refractivity contribution in [3.05, 3.63) is 29.3 Å². The van der Waals surface area contributed by atoms with Gasteiger partial charge >= 0.3 is 0 Å². The van der Waals surface area contributed by atoms with Gasteiger partial charge in [0.25, 0.3) is 0 Å². The highest BCUT2D eigenvalue weighted by Crippen LogP contribution is 2.49. The van der Waals surface area contributed by atoms with E-state index in [9.17, 15) is 4.79 Å². The van der Waals surface area contributed by atoms with Crippen molar-refractivity contribution in [2.24, 2.45) is 0 Å². The van der Waals surface area contributed by atoms with E-state index >= 15 is 0 Å². The molecule has 1 aromatic rings. The smallest absolute Gasteiger partial charge is 0.192 e. The van der Waals surface area contributed by atoms with E-state index in [1.807, 2.05) is 12.1 Å². The van der Waals surface area contributed by atoms with Gasteiger partial charge in [-0.05, 0) is 55.6 Å². The van der Waals surface area contributed by atoms with Gasteiger partial charge in [-0.3, -0.25) is 4.79 Å². The maximum absolute atomic E-state index is 12.0. The van der Waals surface area contributed by atoms with E-state index in [0.29, 0.717) is 6.61 Å². The van der Waals surface area contributed by atoms with Crippen LogP contribution in [0.15, 0.2) is 18.2 Å². The van der Waals surface area contributed by atoms with Gasteiger partial charge in [-0.15, -0.1) is 0 Å². The molecule has 0 aromatic heterocycles. The van der Waals surface area contributed by atoms with Crippen molar-refractivity contribution in [3.63, 3.8) is 0 Å². The van der Waals surface area contributed by atoms with Gasteiger partial charge in [0.15, 0.2) is 8.32 Å².